The van der Waals surface area contributed by atoms with Gasteiger partial charge in [0.05, 0.1) is 0 Å². The second-order valence-electron chi connectivity index (χ2n) is 4.96. The smallest absolute Gasteiger partial charge is 0.338 e. The summed E-state index contributed by atoms with van der Waals surface area (Å²) in [7, 11) is -1.95. The van der Waals surface area contributed by atoms with Gasteiger partial charge in [-0.15, -0.1) is 0 Å². The van der Waals surface area contributed by atoms with E-state index in [-0.39, 0.29) is 0 Å². The zero-order valence-electron chi connectivity index (χ0n) is 12.7. The molecule has 0 rings (SSSR count). The Morgan fingerprint density at radius 3 is 1.78 bits per heavy atom. The minimum Gasteiger partial charge on any atom is -0.394 e. The molecule has 0 radical (unpaired) electrons. The van der Waals surface area contributed by atoms with Crippen LogP contribution in [-0.4, -0.2) is 28.3 Å². The van der Waals surface area contributed by atoms with Gasteiger partial charge in [0.25, 0.3) is 0 Å². The highest BCUT2D eigenvalue weighted by atomic mass is 28.4. The van der Waals surface area contributed by atoms with Crippen LogP contribution < -0.4 is 5.73 Å². The fourth-order valence-corrected chi connectivity index (χ4v) is 5.76. The fraction of sp³-hybridized carbons (Fsp3) is 1.00. The normalized spacial score (nSPS) is 12.0. The third-order valence-electron chi connectivity index (χ3n) is 3.06. The SMILES string of the molecule is CCCC[Si](CCCCN)(OCCC)OCCC. The van der Waals surface area contributed by atoms with Crippen molar-refractivity contribution in [1.29, 1.82) is 0 Å². The molecular weight excluding hydrogens is 242 g/mol. The first-order valence-electron chi connectivity index (χ1n) is 7.72. The number of unbranched alkanes of at least 4 members (excludes halogenated alkanes) is 2. The lowest BCUT2D eigenvalue weighted by Crippen LogP contribution is -2.42. The monoisotopic (exact) mass is 275 g/mol. The summed E-state index contributed by atoms with van der Waals surface area (Å²) in [4.78, 5) is 0. The summed E-state index contributed by atoms with van der Waals surface area (Å²) in [6.07, 6.45) is 6.84. The summed E-state index contributed by atoms with van der Waals surface area (Å²) in [5, 5.41) is 0. The molecule has 0 aliphatic carbocycles. The van der Waals surface area contributed by atoms with E-state index in [2.05, 4.69) is 20.8 Å². The Morgan fingerprint density at radius 2 is 1.33 bits per heavy atom. The predicted octanol–water partition coefficient (Wildman–Crippen LogP) is 3.82. The molecule has 0 aromatic rings. The maximum Gasteiger partial charge on any atom is 0.338 e. The Bertz CT molecular complexity index is 157. The van der Waals surface area contributed by atoms with Crippen molar-refractivity contribution in [1.82, 2.24) is 0 Å². The van der Waals surface area contributed by atoms with Crippen LogP contribution in [0.15, 0.2) is 0 Å². The lowest BCUT2D eigenvalue weighted by atomic mass is 10.3. The molecule has 4 heteroatoms. The number of hydrogen-bond acceptors (Lipinski definition) is 3. The second kappa shape index (κ2) is 12.1. The van der Waals surface area contributed by atoms with Gasteiger partial charge < -0.3 is 14.6 Å². The molecule has 2 N–H and O–H groups in total. The maximum absolute atomic E-state index is 6.21. The van der Waals surface area contributed by atoms with E-state index >= 15 is 0 Å². The van der Waals surface area contributed by atoms with Crippen molar-refractivity contribution in [3.8, 4) is 0 Å². The molecule has 110 valence electrons. The quantitative estimate of drug-likeness (QED) is 0.410. The Hall–Kier alpha value is 0.0969. The zero-order valence-corrected chi connectivity index (χ0v) is 13.7. The summed E-state index contributed by atoms with van der Waals surface area (Å²) in [5.74, 6) is 0. The highest BCUT2D eigenvalue weighted by molar-refractivity contribution is 6.67. The highest BCUT2D eigenvalue weighted by Gasteiger charge is 2.35. The van der Waals surface area contributed by atoms with Gasteiger partial charge >= 0.3 is 8.56 Å². The van der Waals surface area contributed by atoms with Crippen molar-refractivity contribution >= 4 is 8.56 Å². The van der Waals surface area contributed by atoms with E-state index in [0.717, 1.165) is 57.5 Å². The van der Waals surface area contributed by atoms with Crippen LogP contribution >= 0.6 is 0 Å². The molecule has 0 heterocycles. The van der Waals surface area contributed by atoms with Crippen LogP contribution in [0.1, 0.15) is 59.3 Å². The van der Waals surface area contributed by atoms with Crippen molar-refractivity contribution < 1.29 is 8.85 Å². The first-order valence-corrected chi connectivity index (χ1v) is 9.95. The molecular formula is C14H33NO2Si. The van der Waals surface area contributed by atoms with Gasteiger partial charge in [-0.3, -0.25) is 0 Å². The van der Waals surface area contributed by atoms with Gasteiger partial charge in [0.2, 0.25) is 0 Å². The summed E-state index contributed by atoms with van der Waals surface area (Å²) < 4.78 is 12.4. The van der Waals surface area contributed by atoms with Gasteiger partial charge in [-0.1, -0.05) is 40.0 Å². The molecule has 0 saturated carbocycles. The molecule has 0 spiro atoms. The van der Waals surface area contributed by atoms with Gasteiger partial charge in [0.1, 0.15) is 0 Å². The minimum atomic E-state index is -1.95. The number of rotatable bonds is 13. The first kappa shape index (κ1) is 18.1. The molecule has 0 fully saturated rings. The molecule has 0 aliphatic rings. The van der Waals surface area contributed by atoms with Crippen LogP contribution in [0.3, 0.4) is 0 Å². The molecule has 0 unspecified atom stereocenters. The zero-order chi connectivity index (χ0) is 13.7. The largest absolute Gasteiger partial charge is 0.394 e. The third kappa shape index (κ3) is 8.24. The summed E-state index contributed by atoms with van der Waals surface area (Å²) >= 11 is 0. The minimum absolute atomic E-state index is 0.778. The second-order valence-corrected chi connectivity index (χ2v) is 8.36. The highest BCUT2D eigenvalue weighted by Crippen LogP contribution is 2.25. The van der Waals surface area contributed by atoms with Gasteiger partial charge in [-0.05, 0) is 37.9 Å². The van der Waals surface area contributed by atoms with Crippen molar-refractivity contribution in [3.63, 3.8) is 0 Å². The predicted molar refractivity (Wildman–Crippen MR) is 81.1 cm³/mol. The van der Waals surface area contributed by atoms with E-state index < -0.39 is 8.56 Å². The Morgan fingerprint density at radius 1 is 0.778 bits per heavy atom. The lowest BCUT2D eigenvalue weighted by molar-refractivity contribution is 0.165. The molecule has 0 aromatic heterocycles. The van der Waals surface area contributed by atoms with Crippen LogP contribution in [0.5, 0.6) is 0 Å². The van der Waals surface area contributed by atoms with E-state index in [0.29, 0.717) is 0 Å². The van der Waals surface area contributed by atoms with Crippen molar-refractivity contribution in [2.45, 2.75) is 71.4 Å². The van der Waals surface area contributed by atoms with E-state index in [9.17, 15) is 0 Å². The first-order chi connectivity index (χ1) is 8.74. The molecule has 0 aromatic carbocycles. The van der Waals surface area contributed by atoms with Crippen LogP contribution in [0.4, 0.5) is 0 Å². The summed E-state index contributed by atoms with van der Waals surface area (Å²) in [6, 6.07) is 2.26. The summed E-state index contributed by atoms with van der Waals surface area (Å²) in [5.41, 5.74) is 5.59. The van der Waals surface area contributed by atoms with Gasteiger partial charge in [-0.25, -0.2) is 0 Å². The topological polar surface area (TPSA) is 44.5 Å². The molecule has 18 heavy (non-hydrogen) atoms. The Balaban J connectivity index is 4.41. The Kier molecular flexibility index (Phi) is 12.2. The van der Waals surface area contributed by atoms with Crippen molar-refractivity contribution in [2.24, 2.45) is 5.73 Å². The van der Waals surface area contributed by atoms with E-state index in [1.165, 1.54) is 12.8 Å². The maximum atomic E-state index is 6.21. The van der Waals surface area contributed by atoms with Crippen molar-refractivity contribution in [2.75, 3.05) is 19.8 Å². The summed E-state index contributed by atoms with van der Waals surface area (Å²) in [6.45, 7) is 9.04. The molecule has 3 nitrogen and oxygen atoms in total. The number of nitrogens with two attached hydrogens (primary N) is 1. The van der Waals surface area contributed by atoms with E-state index in [4.69, 9.17) is 14.6 Å². The molecule has 0 aliphatic heterocycles. The molecule has 0 saturated heterocycles. The van der Waals surface area contributed by atoms with E-state index in [1.54, 1.807) is 0 Å². The molecule has 0 amide bonds. The fourth-order valence-electron chi connectivity index (χ4n) is 2.02. The standard InChI is InChI=1S/C14H33NO2Si/c1-4-7-13-18(16-11-5-2,17-12-6-3)14-9-8-10-15/h4-15H2,1-3H3. The van der Waals surface area contributed by atoms with Gasteiger partial charge in [0.15, 0.2) is 0 Å². The average molecular weight is 276 g/mol. The molecule has 0 atom stereocenters. The van der Waals surface area contributed by atoms with Crippen LogP contribution in [0.2, 0.25) is 12.1 Å². The van der Waals surface area contributed by atoms with Crippen LogP contribution in [-0.2, 0) is 8.85 Å². The Labute approximate surface area is 115 Å². The van der Waals surface area contributed by atoms with Crippen LogP contribution in [0.25, 0.3) is 0 Å². The lowest BCUT2D eigenvalue weighted by Gasteiger charge is -2.31. The average Bonchev–Trinajstić information content (AvgIpc) is 2.40. The number of hydrogen-bond donors (Lipinski definition) is 1. The van der Waals surface area contributed by atoms with Gasteiger partial charge in [-0.2, -0.15) is 0 Å². The van der Waals surface area contributed by atoms with Gasteiger partial charge in [0, 0.05) is 13.2 Å². The van der Waals surface area contributed by atoms with Crippen LogP contribution in [0, 0.1) is 0 Å². The third-order valence-corrected chi connectivity index (χ3v) is 6.75. The molecule has 0 bridgehead atoms. The van der Waals surface area contributed by atoms with Crippen molar-refractivity contribution in [3.05, 3.63) is 0 Å². The van der Waals surface area contributed by atoms with E-state index in [1.807, 2.05) is 0 Å².